The fourth-order valence-corrected chi connectivity index (χ4v) is 2.96. The minimum absolute atomic E-state index is 0.0590. The van der Waals surface area contributed by atoms with Crippen molar-refractivity contribution in [3.8, 4) is 0 Å². The Kier molecular flexibility index (Phi) is 2.30. The molecule has 13 heavy (non-hydrogen) atoms. The summed E-state index contributed by atoms with van der Waals surface area (Å²) >= 11 is 7.44. The molecule has 1 aliphatic carbocycles. The van der Waals surface area contributed by atoms with E-state index in [2.05, 4.69) is 0 Å². The first-order chi connectivity index (χ1) is 6.16. The Hall–Kier alpha value is -0.540. The molecule has 1 heterocycles. The van der Waals surface area contributed by atoms with E-state index in [0.29, 0.717) is 0 Å². The summed E-state index contributed by atoms with van der Waals surface area (Å²) < 4.78 is 5.94. The first kappa shape index (κ1) is 9.03. The molecule has 0 amide bonds. The Labute approximate surface area is 85.5 Å². The normalized spacial score (nSPS) is 20.0. The lowest BCUT2D eigenvalue weighted by molar-refractivity contribution is -0.146. The predicted octanol–water partition coefficient (Wildman–Crippen LogP) is 2.95. The van der Waals surface area contributed by atoms with Crippen LogP contribution in [0.1, 0.15) is 29.9 Å². The van der Waals surface area contributed by atoms with Crippen LogP contribution in [-0.2, 0) is 16.0 Å². The van der Waals surface area contributed by atoms with Crippen molar-refractivity contribution in [2.24, 2.45) is 0 Å². The van der Waals surface area contributed by atoms with Gasteiger partial charge in [0.25, 0.3) is 0 Å². The molecule has 0 N–H and O–H groups in total. The summed E-state index contributed by atoms with van der Waals surface area (Å²) in [6.45, 7) is 1.44. The third kappa shape index (κ3) is 1.71. The van der Waals surface area contributed by atoms with Gasteiger partial charge in [-0.05, 0) is 18.9 Å². The van der Waals surface area contributed by atoms with Gasteiger partial charge in [-0.15, -0.1) is 11.3 Å². The molecular formula is C9H9ClO2S. The van der Waals surface area contributed by atoms with Crippen molar-refractivity contribution in [1.82, 2.24) is 0 Å². The van der Waals surface area contributed by atoms with Crippen molar-refractivity contribution < 1.29 is 9.53 Å². The molecule has 0 radical (unpaired) electrons. The Bertz CT molecular complexity index is 345. The quantitative estimate of drug-likeness (QED) is 0.675. The fourth-order valence-electron chi connectivity index (χ4n) is 1.62. The number of aryl methyl sites for hydroxylation is 1. The van der Waals surface area contributed by atoms with Crippen LogP contribution in [0.4, 0.5) is 0 Å². The maximum Gasteiger partial charge on any atom is 0.303 e. The lowest BCUT2D eigenvalue weighted by Crippen LogP contribution is -2.04. The molecule has 70 valence electrons. The Balaban J connectivity index is 2.22. The van der Waals surface area contributed by atoms with Crippen LogP contribution in [-0.4, -0.2) is 5.97 Å². The van der Waals surface area contributed by atoms with Gasteiger partial charge in [-0.1, -0.05) is 11.6 Å². The number of thiophene rings is 1. The van der Waals surface area contributed by atoms with Crippen LogP contribution in [0.25, 0.3) is 0 Å². The van der Waals surface area contributed by atoms with Gasteiger partial charge in [0.1, 0.15) is 6.10 Å². The average molecular weight is 217 g/mol. The summed E-state index contributed by atoms with van der Waals surface area (Å²) in [4.78, 5) is 12.0. The fraction of sp³-hybridized carbons (Fsp3) is 0.444. The molecular weight excluding hydrogens is 208 g/mol. The first-order valence-electron chi connectivity index (χ1n) is 4.12. The van der Waals surface area contributed by atoms with Crippen LogP contribution in [0.3, 0.4) is 0 Å². The summed E-state index contributed by atoms with van der Waals surface area (Å²) in [6, 6.07) is 1.90. The zero-order chi connectivity index (χ0) is 9.42. The number of rotatable bonds is 1. The second kappa shape index (κ2) is 3.31. The van der Waals surface area contributed by atoms with Gasteiger partial charge in [0.15, 0.2) is 0 Å². The maximum atomic E-state index is 10.8. The predicted molar refractivity (Wildman–Crippen MR) is 52.2 cm³/mol. The minimum atomic E-state index is -0.222. The smallest absolute Gasteiger partial charge is 0.303 e. The summed E-state index contributed by atoms with van der Waals surface area (Å²) in [6.07, 6.45) is 1.82. The SMILES string of the molecule is CC(=O)OC1CCc2sc(Cl)cc21. The van der Waals surface area contributed by atoms with Gasteiger partial charge in [-0.25, -0.2) is 0 Å². The summed E-state index contributed by atoms with van der Waals surface area (Å²) in [5.41, 5.74) is 1.10. The highest BCUT2D eigenvalue weighted by atomic mass is 35.5. The number of esters is 1. The van der Waals surface area contributed by atoms with E-state index in [1.54, 1.807) is 11.3 Å². The second-order valence-electron chi connectivity index (χ2n) is 3.07. The van der Waals surface area contributed by atoms with Crippen LogP contribution in [0.5, 0.6) is 0 Å². The molecule has 1 aromatic rings. The lowest BCUT2D eigenvalue weighted by Gasteiger charge is -2.09. The number of halogens is 1. The molecule has 0 spiro atoms. The van der Waals surface area contributed by atoms with Crippen molar-refractivity contribution in [2.45, 2.75) is 25.9 Å². The summed E-state index contributed by atoms with van der Waals surface area (Å²) in [5, 5.41) is 0. The van der Waals surface area contributed by atoms with Gasteiger partial charge in [0.05, 0.1) is 4.34 Å². The van der Waals surface area contributed by atoms with E-state index in [1.165, 1.54) is 11.8 Å². The number of hydrogen-bond donors (Lipinski definition) is 0. The standard InChI is InChI=1S/C9H9ClO2S/c1-5(11)12-7-2-3-8-6(7)4-9(10)13-8/h4,7H,2-3H2,1H3. The lowest BCUT2D eigenvalue weighted by atomic mass is 10.2. The second-order valence-corrected chi connectivity index (χ2v) is 4.83. The maximum absolute atomic E-state index is 10.8. The van der Waals surface area contributed by atoms with Gasteiger partial charge < -0.3 is 4.74 Å². The molecule has 1 atom stereocenters. The molecule has 0 fully saturated rings. The number of carbonyl (C=O) groups excluding carboxylic acids is 1. The van der Waals surface area contributed by atoms with Crippen LogP contribution in [0.15, 0.2) is 6.07 Å². The average Bonchev–Trinajstić information content (AvgIpc) is 2.51. The van der Waals surface area contributed by atoms with Crippen molar-refractivity contribution in [3.63, 3.8) is 0 Å². The highest BCUT2D eigenvalue weighted by Crippen LogP contribution is 2.41. The largest absolute Gasteiger partial charge is 0.458 e. The van der Waals surface area contributed by atoms with E-state index in [9.17, 15) is 4.79 Å². The third-order valence-electron chi connectivity index (χ3n) is 2.10. The first-order valence-corrected chi connectivity index (χ1v) is 5.31. The number of ether oxygens (including phenoxy) is 1. The molecule has 0 bridgehead atoms. The van der Waals surface area contributed by atoms with Crippen molar-refractivity contribution in [3.05, 3.63) is 20.8 Å². The Morgan fingerprint density at radius 2 is 2.54 bits per heavy atom. The molecule has 0 saturated heterocycles. The van der Waals surface area contributed by atoms with Crippen molar-refractivity contribution >= 4 is 28.9 Å². The van der Waals surface area contributed by atoms with Crippen LogP contribution < -0.4 is 0 Å². The van der Waals surface area contributed by atoms with Crippen LogP contribution >= 0.6 is 22.9 Å². The monoisotopic (exact) mass is 216 g/mol. The Morgan fingerprint density at radius 3 is 3.23 bits per heavy atom. The van der Waals surface area contributed by atoms with E-state index in [1.807, 2.05) is 6.07 Å². The van der Waals surface area contributed by atoms with Gasteiger partial charge in [-0.3, -0.25) is 4.79 Å². The molecule has 1 unspecified atom stereocenters. The molecule has 1 aromatic heterocycles. The molecule has 2 rings (SSSR count). The van der Waals surface area contributed by atoms with Crippen LogP contribution in [0.2, 0.25) is 4.34 Å². The highest BCUT2D eigenvalue weighted by molar-refractivity contribution is 7.16. The molecule has 4 heteroatoms. The number of fused-ring (bicyclic) bond motifs is 1. The van der Waals surface area contributed by atoms with Gasteiger partial charge in [0, 0.05) is 17.4 Å². The zero-order valence-electron chi connectivity index (χ0n) is 7.17. The van der Waals surface area contributed by atoms with E-state index >= 15 is 0 Å². The minimum Gasteiger partial charge on any atom is -0.458 e. The summed E-state index contributed by atoms with van der Waals surface area (Å²) in [5.74, 6) is -0.222. The molecule has 0 aromatic carbocycles. The van der Waals surface area contributed by atoms with Crippen molar-refractivity contribution in [1.29, 1.82) is 0 Å². The van der Waals surface area contributed by atoms with E-state index in [0.717, 1.165) is 22.7 Å². The van der Waals surface area contributed by atoms with Gasteiger partial charge in [-0.2, -0.15) is 0 Å². The van der Waals surface area contributed by atoms with E-state index in [-0.39, 0.29) is 12.1 Å². The Morgan fingerprint density at radius 1 is 1.77 bits per heavy atom. The zero-order valence-corrected chi connectivity index (χ0v) is 8.74. The summed E-state index contributed by atoms with van der Waals surface area (Å²) in [7, 11) is 0. The van der Waals surface area contributed by atoms with Gasteiger partial charge >= 0.3 is 5.97 Å². The van der Waals surface area contributed by atoms with E-state index in [4.69, 9.17) is 16.3 Å². The third-order valence-corrected chi connectivity index (χ3v) is 3.44. The van der Waals surface area contributed by atoms with E-state index < -0.39 is 0 Å². The van der Waals surface area contributed by atoms with Crippen molar-refractivity contribution in [2.75, 3.05) is 0 Å². The van der Waals surface area contributed by atoms with Gasteiger partial charge in [0.2, 0.25) is 0 Å². The molecule has 0 aliphatic heterocycles. The van der Waals surface area contributed by atoms with Crippen LogP contribution in [0, 0.1) is 0 Å². The highest BCUT2D eigenvalue weighted by Gasteiger charge is 2.27. The molecule has 2 nitrogen and oxygen atoms in total. The number of hydrogen-bond acceptors (Lipinski definition) is 3. The number of carbonyl (C=O) groups is 1. The molecule has 1 aliphatic rings. The molecule has 0 saturated carbocycles. The topological polar surface area (TPSA) is 26.3 Å².